The smallest absolute Gasteiger partial charge is 0.350 e. The highest BCUT2D eigenvalue weighted by atomic mass is 19.4. The molecule has 0 aliphatic rings. The van der Waals surface area contributed by atoms with E-state index in [1.807, 2.05) is 6.92 Å². The fourth-order valence-corrected chi connectivity index (χ4v) is 1.66. The molecule has 0 aliphatic heterocycles. The van der Waals surface area contributed by atoms with Crippen molar-refractivity contribution in [1.82, 2.24) is 10.3 Å². The molecule has 1 atom stereocenters. The second-order valence-corrected chi connectivity index (χ2v) is 5.28. The van der Waals surface area contributed by atoms with E-state index in [4.69, 9.17) is 0 Å². The van der Waals surface area contributed by atoms with Gasteiger partial charge in [-0.3, -0.25) is 9.78 Å². The van der Waals surface area contributed by atoms with Crippen LogP contribution in [0.1, 0.15) is 49.7 Å². The van der Waals surface area contributed by atoms with Gasteiger partial charge in [-0.25, -0.2) is 0 Å². The van der Waals surface area contributed by atoms with Crippen LogP contribution in [-0.2, 0) is 6.18 Å². The molecule has 0 fully saturated rings. The zero-order valence-corrected chi connectivity index (χ0v) is 11.8. The Morgan fingerprint density at radius 3 is 2.35 bits per heavy atom. The van der Waals surface area contributed by atoms with Gasteiger partial charge in [0, 0.05) is 12.2 Å². The first kappa shape index (κ1) is 16.5. The summed E-state index contributed by atoms with van der Waals surface area (Å²) < 4.78 is 37.0. The van der Waals surface area contributed by atoms with Crippen molar-refractivity contribution >= 4 is 5.91 Å². The minimum atomic E-state index is -4.49. The van der Waals surface area contributed by atoms with Crippen molar-refractivity contribution in [2.45, 2.75) is 45.8 Å². The Morgan fingerprint density at radius 1 is 1.25 bits per heavy atom. The Morgan fingerprint density at radius 2 is 1.90 bits per heavy atom. The zero-order valence-electron chi connectivity index (χ0n) is 11.8. The Hall–Kier alpha value is -1.59. The van der Waals surface area contributed by atoms with Crippen LogP contribution in [0.3, 0.4) is 0 Å². The Kier molecular flexibility index (Phi) is 5.53. The topological polar surface area (TPSA) is 42.0 Å². The van der Waals surface area contributed by atoms with Gasteiger partial charge < -0.3 is 5.32 Å². The van der Waals surface area contributed by atoms with Crippen LogP contribution < -0.4 is 5.32 Å². The van der Waals surface area contributed by atoms with E-state index in [0.717, 1.165) is 31.2 Å². The normalized spacial score (nSPS) is 13.3. The molecule has 0 bridgehead atoms. The van der Waals surface area contributed by atoms with E-state index < -0.39 is 17.8 Å². The van der Waals surface area contributed by atoms with Gasteiger partial charge in [0.1, 0.15) is 5.69 Å². The SMILES string of the molecule is CC(C)CCC(C)NC(=O)c1ccc(C(F)(F)F)nc1. The van der Waals surface area contributed by atoms with Crippen LogP contribution in [0.15, 0.2) is 18.3 Å². The van der Waals surface area contributed by atoms with E-state index in [-0.39, 0.29) is 11.6 Å². The third kappa shape index (κ3) is 5.19. The molecule has 3 nitrogen and oxygen atoms in total. The second-order valence-electron chi connectivity index (χ2n) is 5.28. The van der Waals surface area contributed by atoms with Crippen molar-refractivity contribution in [2.75, 3.05) is 0 Å². The monoisotopic (exact) mass is 288 g/mol. The highest BCUT2D eigenvalue weighted by Gasteiger charge is 2.32. The molecule has 0 saturated heterocycles. The summed E-state index contributed by atoms with van der Waals surface area (Å²) in [6, 6.07) is 1.93. The van der Waals surface area contributed by atoms with E-state index in [9.17, 15) is 18.0 Å². The summed E-state index contributed by atoms with van der Waals surface area (Å²) in [7, 11) is 0. The average molecular weight is 288 g/mol. The molecule has 0 radical (unpaired) electrons. The molecule has 0 saturated carbocycles. The largest absolute Gasteiger partial charge is 0.433 e. The molecule has 112 valence electrons. The Labute approximate surface area is 116 Å². The number of nitrogens with one attached hydrogen (secondary N) is 1. The number of alkyl halides is 3. The number of pyridine rings is 1. The predicted molar refractivity (Wildman–Crippen MR) is 70.2 cm³/mol. The van der Waals surface area contributed by atoms with Crippen LogP contribution in [0.2, 0.25) is 0 Å². The quantitative estimate of drug-likeness (QED) is 0.898. The Balaban J connectivity index is 2.60. The van der Waals surface area contributed by atoms with Gasteiger partial charge in [0.15, 0.2) is 0 Å². The molecule has 1 aromatic rings. The fourth-order valence-electron chi connectivity index (χ4n) is 1.66. The van der Waals surface area contributed by atoms with Gasteiger partial charge in [-0.15, -0.1) is 0 Å². The maximum atomic E-state index is 12.3. The van der Waals surface area contributed by atoms with Gasteiger partial charge in [0.2, 0.25) is 0 Å². The molecule has 1 amide bonds. The van der Waals surface area contributed by atoms with Crippen molar-refractivity contribution < 1.29 is 18.0 Å². The van der Waals surface area contributed by atoms with Gasteiger partial charge in [-0.05, 0) is 37.8 Å². The highest BCUT2D eigenvalue weighted by molar-refractivity contribution is 5.94. The number of carbonyl (C=O) groups excluding carboxylic acids is 1. The summed E-state index contributed by atoms with van der Waals surface area (Å²) in [5, 5.41) is 2.75. The number of nitrogens with zero attached hydrogens (tertiary/aromatic N) is 1. The van der Waals surface area contributed by atoms with Crippen LogP contribution in [0.5, 0.6) is 0 Å². The van der Waals surface area contributed by atoms with Crippen LogP contribution in [-0.4, -0.2) is 16.9 Å². The summed E-state index contributed by atoms with van der Waals surface area (Å²) >= 11 is 0. The summed E-state index contributed by atoms with van der Waals surface area (Å²) in [5.41, 5.74) is -0.865. The first-order valence-electron chi connectivity index (χ1n) is 6.54. The minimum Gasteiger partial charge on any atom is -0.350 e. The number of carbonyl (C=O) groups is 1. The van der Waals surface area contributed by atoms with Crippen LogP contribution in [0, 0.1) is 5.92 Å². The van der Waals surface area contributed by atoms with Crippen molar-refractivity contribution in [2.24, 2.45) is 5.92 Å². The lowest BCUT2D eigenvalue weighted by molar-refractivity contribution is -0.141. The molecule has 1 N–H and O–H groups in total. The van der Waals surface area contributed by atoms with E-state index in [1.165, 1.54) is 0 Å². The maximum Gasteiger partial charge on any atom is 0.433 e. The van der Waals surface area contributed by atoms with Gasteiger partial charge >= 0.3 is 6.18 Å². The van der Waals surface area contributed by atoms with E-state index in [0.29, 0.717) is 5.92 Å². The molecular formula is C14H19F3N2O. The number of aromatic nitrogens is 1. The lowest BCUT2D eigenvalue weighted by Gasteiger charge is -2.15. The molecule has 0 spiro atoms. The van der Waals surface area contributed by atoms with Crippen molar-refractivity contribution in [1.29, 1.82) is 0 Å². The lowest BCUT2D eigenvalue weighted by Crippen LogP contribution is -2.32. The maximum absolute atomic E-state index is 12.3. The van der Waals surface area contributed by atoms with Crippen LogP contribution >= 0.6 is 0 Å². The molecule has 1 aromatic heterocycles. The number of amides is 1. The molecule has 0 aromatic carbocycles. The number of hydrogen-bond acceptors (Lipinski definition) is 2. The third-order valence-corrected chi connectivity index (χ3v) is 2.87. The lowest BCUT2D eigenvalue weighted by atomic mass is 10.0. The van der Waals surface area contributed by atoms with Gasteiger partial charge in [0.25, 0.3) is 5.91 Å². The van der Waals surface area contributed by atoms with Crippen LogP contribution in [0.4, 0.5) is 13.2 Å². The van der Waals surface area contributed by atoms with E-state index in [1.54, 1.807) is 0 Å². The third-order valence-electron chi connectivity index (χ3n) is 2.87. The molecule has 1 heterocycles. The van der Waals surface area contributed by atoms with Crippen molar-refractivity contribution in [3.63, 3.8) is 0 Å². The fraction of sp³-hybridized carbons (Fsp3) is 0.571. The standard InChI is InChI=1S/C14H19F3N2O/c1-9(2)4-5-10(3)19-13(20)11-6-7-12(18-8-11)14(15,16)17/h6-10H,4-5H2,1-3H3,(H,19,20). The van der Waals surface area contributed by atoms with Gasteiger partial charge in [-0.2, -0.15) is 13.2 Å². The zero-order chi connectivity index (χ0) is 15.3. The summed E-state index contributed by atoms with van der Waals surface area (Å²) in [4.78, 5) is 15.1. The molecule has 1 unspecified atom stereocenters. The van der Waals surface area contributed by atoms with E-state index in [2.05, 4.69) is 24.1 Å². The summed E-state index contributed by atoms with van der Waals surface area (Å²) in [6.07, 6.45) is -1.73. The van der Waals surface area contributed by atoms with Crippen molar-refractivity contribution in [3.05, 3.63) is 29.6 Å². The molecule has 20 heavy (non-hydrogen) atoms. The van der Waals surface area contributed by atoms with Gasteiger partial charge in [-0.1, -0.05) is 13.8 Å². The summed E-state index contributed by atoms with van der Waals surface area (Å²) in [5.74, 6) is 0.143. The van der Waals surface area contributed by atoms with Crippen molar-refractivity contribution in [3.8, 4) is 0 Å². The number of halogens is 3. The molecule has 1 rings (SSSR count). The summed E-state index contributed by atoms with van der Waals surface area (Å²) in [6.45, 7) is 6.06. The van der Waals surface area contributed by atoms with Crippen LogP contribution in [0.25, 0.3) is 0 Å². The average Bonchev–Trinajstić information content (AvgIpc) is 2.35. The van der Waals surface area contributed by atoms with Gasteiger partial charge in [0.05, 0.1) is 5.56 Å². The molecule has 0 aliphatic carbocycles. The first-order chi connectivity index (χ1) is 9.20. The number of rotatable bonds is 5. The minimum absolute atomic E-state index is 0.0211. The highest BCUT2D eigenvalue weighted by Crippen LogP contribution is 2.27. The Bertz CT molecular complexity index is 441. The first-order valence-corrected chi connectivity index (χ1v) is 6.54. The van der Waals surface area contributed by atoms with E-state index >= 15 is 0 Å². The number of hydrogen-bond donors (Lipinski definition) is 1. The molecule has 6 heteroatoms. The predicted octanol–water partition coefficient (Wildman–Crippen LogP) is 3.65. The molecular weight excluding hydrogens is 269 g/mol. The second kappa shape index (κ2) is 6.72.